The smallest absolute Gasteiger partial charge is 0.326 e. The second kappa shape index (κ2) is 44.6. The summed E-state index contributed by atoms with van der Waals surface area (Å²) in [7, 11) is 0. The van der Waals surface area contributed by atoms with E-state index in [1.54, 1.807) is 58.0 Å². The Bertz CT molecular complexity index is 2710. The summed E-state index contributed by atoms with van der Waals surface area (Å²) < 4.78 is 0. The molecule has 0 unspecified atom stereocenters. The first-order chi connectivity index (χ1) is 44.3. The molecular formula is C60H99N15O19. The normalized spacial score (nSPS) is 14.9. The van der Waals surface area contributed by atoms with Crippen LogP contribution in [0.3, 0.4) is 0 Å². The average molecular weight is 1330 g/mol. The molecule has 0 bridgehead atoms. The summed E-state index contributed by atoms with van der Waals surface area (Å²) >= 11 is 0. The number of hydrogen-bond acceptors (Lipinski definition) is 19. The van der Waals surface area contributed by atoms with Crippen molar-refractivity contribution in [2.45, 2.75) is 217 Å². The van der Waals surface area contributed by atoms with Crippen LogP contribution in [0.5, 0.6) is 0 Å². The van der Waals surface area contributed by atoms with Crippen LogP contribution in [0.4, 0.5) is 0 Å². The van der Waals surface area contributed by atoms with Gasteiger partial charge in [-0.25, -0.2) is 4.79 Å². The second-order valence-electron chi connectivity index (χ2n) is 23.3. The first-order valence-electron chi connectivity index (χ1n) is 31.4. The summed E-state index contributed by atoms with van der Waals surface area (Å²) in [4.78, 5) is 198. The molecule has 0 aromatic heterocycles. The third-order valence-corrected chi connectivity index (χ3v) is 14.9. The van der Waals surface area contributed by atoms with Gasteiger partial charge in [-0.3, -0.25) is 67.1 Å². The quantitative estimate of drug-likeness (QED) is 0.0277. The van der Waals surface area contributed by atoms with Crippen molar-refractivity contribution >= 4 is 88.9 Å². The molecule has 0 aliphatic heterocycles. The Kier molecular flexibility index (Phi) is 39.5. The molecule has 528 valence electrons. The number of carbonyl (C=O) groups excluding carboxylic acids is 11. The van der Waals surface area contributed by atoms with Gasteiger partial charge in [0.15, 0.2) is 0 Å². The van der Waals surface area contributed by atoms with E-state index in [2.05, 4.69) is 53.2 Å². The molecule has 94 heavy (non-hydrogen) atoms. The van der Waals surface area contributed by atoms with E-state index in [1.807, 2.05) is 0 Å². The van der Waals surface area contributed by atoms with Crippen LogP contribution in [-0.2, 0) is 78.3 Å². The molecule has 24 N–H and O–H groups in total. The van der Waals surface area contributed by atoms with Gasteiger partial charge in [-0.05, 0) is 121 Å². The lowest BCUT2D eigenvalue weighted by Crippen LogP contribution is -2.61. The highest BCUT2D eigenvalue weighted by atomic mass is 16.4. The van der Waals surface area contributed by atoms with Crippen LogP contribution >= 0.6 is 0 Å². The molecule has 0 saturated carbocycles. The lowest BCUT2D eigenvalue weighted by atomic mass is 9.96. The topological polar surface area (TPSA) is 587 Å². The fourth-order valence-electron chi connectivity index (χ4n) is 9.34. The third kappa shape index (κ3) is 33.1. The number of unbranched alkanes of at least 4 members (excludes halogenated alkanes) is 3. The van der Waals surface area contributed by atoms with Gasteiger partial charge in [0, 0.05) is 19.3 Å². The lowest BCUT2D eigenvalue weighted by molar-refractivity contribution is -0.142. The first-order valence-corrected chi connectivity index (χ1v) is 31.4. The van der Waals surface area contributed by atoms with Crippen molar-refractivity contribution in [2.24, 2.45) is 40.5 Å². The Morgan fingerprint density at radius 3 is 1.19 bits per heavy atom. The Balaban J connectivity index is 3.52. The first kappa shape index (κ1) is 83.1. The fourth-order valence-corrected chi connectivity index (χ4v) is 9.34. The van der Waals surface area contributed by atoms with Gasteiger partial charge in [0.05, 0.1) is 18.9 Å². The number of primary amides is 1. The van der Waals surface area contributed by atoms with Crippen LogP contribution in [-0.4, -0.2) is 195 Å². The zero-order chi connectivity index (χ0) is 71.2. The largest absolute Gasteiger partial charge is 0.481 e. The lowest BCUT2D eigenvalue weighted by Gasteiger charge is -2.29. The van der Waals surface area contributed by atoms with Gasteiger partial charge in [0.2, 0.25) is 65.0 Å². The Hall–Kier alpha value is -8.89. The molecule has 12 atom stereocenters. The van der Waals surface area contributed by atoms with E-state index in [1.165, 1.54) is 6.92 Å². The van der Waals surface area contributed by atoms with Gasteiger partial charge in [-0.1, -0.05) is 64.4 Å². The molecule has 0 aliphatic carbocycles. The third-order valence-electron chi connectivity index (χ3n) is 14.9. The molecule has 1 rings (SSSR count). The van der Waals surface area contributed by atoms with E-state index in [0.29, 0.717) is 31.2 Å². The van der Waals surface area contributed by atoms with Gasteiger partial charge in [-0.15, -0.1) is 0 Å². The van der Waals surface area contributed by atoms with E-state index in [-0.39, 0.29) is 76.9 Å². The zero-order valence-corrected chi connectivity index (χ0v) is 54.0. The minimum absolute atomic E-state index is 0.0285. The number of nitrogens with one attached hydrogen (secondary N) is 10. The van der Waals surface area contributed by atoms with Crippen molar-refractivity contribution in [2.75, 3.05) is 19.6 Å². The highest BCUT2D eigenvalue weighted by molar-refractivity contribution is 6.00. The predicted octanol–water partition coefficient (Wildman–Crippen LogP) is -3.93. The number of benzene rings is 1. The Morgan fingerprint density at radius 2 is 0.787 bits per heavy atom. The maximum Gasteiger partial charge on any atom is 0.326 e. The van der Waals surface area contributed by atoms with Crippen molar-refractivity contribution in [3.8, 4) is 0 Å². The molecule has 0 radical (unpaired) electrons. The Morgan fingerprint density at radius 1 is 0.415 bits per heavy atom. The van der Waals surface area contributed by atoms with Gasteiger partial charge in [-0.2, -0.15) is 0 Å². The Labute approximate surface area is 545 Å². The monoisotopic (exact) mass is 1330 g/mol. The van der Waals surface area contributed by atoms with Crippen LogP contribution < -0.4 is 81.8 Å². The molecule has 34 nitrogen and oxygen atoms in total. The van der Waals surface area contributed by atoms with Gasteiger partial charge in [0.1, 0.15) is 60.4 Å². The van der Waals surface area contributed by atoms with Crippen molar-refractivity contribution in [3.05, 3.63) is 35.9 Å². The van der Waals surface area contributed by atoms with Crippen LogP contribution in [0.2, 0.25) is 0 Å². The second-order valence-corrected chi connectivity index (χ2v) is 23.3. The van der Waals surface area contributed by atoms with Crippen molar-refractivity contribution in [1.82, 2.24) is 53.2 Å². The van der Waals surface area contributed by atoms with Crippen LogP contribution in [0.1, 0.15) is 149 Å². The van der Waals surface area contributed by atoms with Crippen LogP contribution in [0.15, 0.2) is 30.3 Å². The molecule has 0 saturated heterocycles. The van der Waals surface area contributed by atoms with E-state index in [9.17, 15) is 87.2 Å². The minimum Gasteiger partial charge on any atom is -0.481 e. The van der Waals surface area contributed by atoms with E-state index in [0.717, 1.165) is 0 Å². The summed E-state index contributed by atoms with van der Waals surface area (Å²) in [6.45, 7) is 8.40. The summed E-state index contributed by atoms with van der Waals surface area (Å²) in [5.74, 6) is -17.9. The number of nitrogens with two attached hydrogens (primary N) is 5. The molecule has 1 aromatic rings. The van der Waals surface area contributed by atoms with E-state index in [4.69, 9.17) is 33.8 Å². The van der Waals surface area contributed by atoms with Gasteiger partial charge < -0.3 is 102 Å². The van der Waals surface area contributed by atoms with Gasteiger partial charge in [0.25, 0.3) is 0 Å². The van der Waals surface area contributed by atoms with Crippen molar-refractivity contribution < 1.29 is 92.3 Å². The number of rotatable bonds is 49. The standard InChI is InChI=1S/C60H99N15O19/c1-6-33(4)49(59(92)71-39(20-12-15-27-63)53(86)69-38(19-11-14-26-62)54(87)74-44(60(93)94)29-35-16-8-7-9-17-35)75-58(91)43(31-45(65)76)73-55(88)40(21-23-46(77)78)67-50(83)34(5)66-52(85)37(18-10-13-25-61)70-57(90)42(28-32(2)3)72-56(89)41(22-24-47(79)80)68-51(84)36(64)30-48(81)82/h7-9,16-17,32-34,36-44,49H,6,10-15,18-31,61-64H2,1-5H3,(H2,65,76)(H,66,85)(H,67,83)(H,68,84)(H,69,86)(H,70,90)(H,71,92)(H,72,89)(H,73,88)(H,74,87)(H,75,91)(H,77,78)(H,79,80)(H,81,82)(H,93,94)/t33-,34-,36-,37-,38-,39-,40-,41-,42-,43-,44-,49-/m0/s1. The maximum atomic E-state index is 14.3. The molecule has 0 fully saturated rings. The van der Waals surface area contributed by atoms with E-state index >= 15 is 0 Å². The van der Waals surface area contributed by atoms with Crippen LogP contribution in [0, 0.1) is 11.8 Å². The predicted molar refractivity (Wildman–Crippen MR) is 338 cm³/mol. The van der Waals surface area contributed by atoms with Crippen LogP contribution in [0.25, 0.3) is 0 Å². The van der Waals surface area contributed by atoms with Crippen molar-refractivity contribution in [1.29, 1.82) is 0 Å². The molecule has 34 heteroatoms. The summed E-state index contributed by atoms with van der Waals surface area (Å²) in [5.41, 5.74) is 28.9. The average Bonchev–Trinajstić information content (AvgIpc) is 0.890. The summed E-state index contributed by atoms with van der Waals surface area (Å²) in [6, 6.07) is -8.40. The molecule has 11 amide bonds. The fraction of sp³-hybridized carbons (Fsp3) is 0.650. The SMILES string of the molecule is CC[C@H](C)[C@H](NC(=O)[C@H](CC(N)=O)NC(=O)[C@H](CCC(=O)O)NC(=O)[C@H](C)NC(=O)[C@H](CCCCN)NC(=O)[C@H](CC(C)C)NC(=O)[C@H](CCC(=O)O)NC(=O)[C@@H](N)CC(=O)O)C(=O)N[C@@H](CCCCN)C(=O)N[C@@H](CCCCN)C(=O)N[C@@H](Cc1ccccc1)C(=O)O. The number of carbonyl (C=O) groups is 15. The van der Waals surface area contributed by atoms with E-state index < -0.39 is 200 Å². The minimum atomic E-state index is -1.89. The van der Waals surface area contributed by atoms with Crippen molar-refractivity contribution in [3.63, 3.8) is 0 Å². The highest BCUT2D eigenvalue weighted by Gasteiger charge is 2.38. The summed E-state index contributed by atoms with van der Waals surface area (Å²) in [6.07, 6.45) is -2.25. The number of hydrogen-bond donors (Lipinski definition) is 19. The molecular weight excluding hydrogens is 1230 g/mol. The number of carboxylic acids is 4. The van der Waals surface area contributed by atoms with Gasteiger partial charge >= 0.3 is 23.9 Å². The number of carboxylic acid groups (broad SMARTS) is 4. The number of amides is 11. The molecule has 0 heterocycles. The maximum absolute atomic E-state index is 14.3. The number of aliphatic carboxylic acids is 4. The summed E-state index contributed by atoms with van der Waals surface area (Å²) in [5, 5.41) is 62.6. The highest BCUT2D eigenvalue weighted by Crippen LogP contribution is 2.15. The zero-order valence-electron chi connectivity index (χ0n) is 54.0. The molecule has 1 aromatic carbocycles. The molecule has 0 spiro atoms. The molecule has 0 aliphatic rings.